The molecule has 1 N–H and O–H groups in total. The van der Waals surface area contributed by atoms with E-state index >= 15 is 0 Å². The molecule has 0 saturated heterocycles. The summed E-state index contributed by atoms with van der Waals surface area (Å²) in [5, 5.41) is 4.73. The van der Waals surface area contributed by atoms with Crippen molar-refractivity contribution < 1.29 is 4.79 Å². The van der Waals surface area contributed by atoms with E-state index in [-0.39, 0.29) is 5.91 Å². The molecule has 0 aliphatic carbocycles. The Morgan fingerprint density at radius 1 is 0.806 bits per heavy atom. The second-order valence-corrected chi connectivity index (χ2v) is 9.64. The van der Waals surface area contributed by atoms with Gasteiger partial charge in [0.15, 0.2) is 0 Å². The first-order valence-electron chi connectivity index (χ1n) is 12.0. The third-order valence-corrected chi connectivity index (χ3v) is 6.64. The summed E-state index contributed by atoms with van der Waals surface area (Å²) in [5.41, 5.74) is 0.767. The Kier molecular flexibility index (Phi) is 16.8. The number of aromatic nitrogens is 2. The van der Waals surface area contributed by atoms with Gasteiger partial charge in [0.05, 0.1) is 0 Å². The number of anilines is 1. The molecule has 1 aromatic heterocycles. The molecule has 0 aliphatic heterocycles. The molecule has 6 heteroatoms. The van der Waals surface area contributed by atoms with Gasteiger partial charge in [-0.15, -0.1) is 23.5 Å². The molecule has 0 aliphatic rings. The van der Waals surface area contributed by atoms with Gasteiger partial charge in [0.1, 0.15) is 21.6 Å². The van der Waals surface area contributed by atoms with E-state index in [2.05, 4.69) is 34.4 Å². The lowest BCUT2D eigenvalue weighted by Gasteiger charge is -2.12. The summed E-state index contributed by atoms with van der Waals surface area (Å²) in [6.45, 7) is 4.15. The predicted molar refractivity (Wildman–Crippen MR) is 138 cm³/mol. The van der Waals surface area contributed by atoms with Gasteiger partial charge in [-0.1, -0.05) is 70.4 Å². The van der Waals surface area contributed by atoms with Crippen molar-refractivity contribution in [1.82, 2.24) is 9.97 Å². The van der Waals surface area contributed by atoms with E-state index in [1.54, 1.807) is 23.5 Å². The third kappa shape index (κ3) is 13.2. The molecule has 176 valence electrons. The molecular formula is C25H43N3OS2. The van der Waals surface area contributed by atoms with Crippen LogP contribution in [-0.4, -0.2) is 28.4 Å². The van der Waals surface area contributed by atoms with Crippen LogP contribution in [0.5, 0.6) is 0 Å². The van der Waals surface area contributed by atoms with Crippen molar-refractivity contribution in [2.75, 3.05) is 17.8 Å². The van der Waals surface area contributed by atoms with E-state index < -0.39 is 0 Å². The van der Waals surface area contributed by atoms with Crippen molar-refractivity contribution >= 4 is 35.1 Å². The summed E-state index contributed by atoms with van der Waals surface area (Å²) in [4.78, 5) is 21.3. The second kappa shape index (κ2) is 18.6. The van der Waals surface area contributed by atoms with Crippen LogP contribution < -0.4 is 5.32 Å². The summed E-state index contributed by atoms with van der Waals surface area (Å²) < 4.78 is 0. The largest absolute Gasteiger partial charge is 0.322 e. The van der Waals surface area contributed by atoms with Gasteiger partial charge in [0, 0.05) is 6.42 Å². The fourth-order valence-electron chi connectivity index (χ4n) is 3.48. The van der Waals surface area contributed by atoms with Crippen LogP contribution in [0, 0.1) is 6.92 Å². The molecule has 1 amide bonds. The summed E-state index contributed by atoms with van der Waals surface area (Å²) in [5.74, 6) is 0.805. The molecule has 0 aromatic carbocycles. The lowest BCUT2D eigenvalue weighted by molar-refractivity contribution is -0.116. The predicted octanol–water partition coefficient (Wildman–Crippen LogP) is 8.20. The van der Waals surface area contributed by atoms with E-state index in [4.69, 9.17) is 0 Å². The molecule has 1 aromatic rings. The van der Waals surface area contributed by atoms with Crippen molar-refractivity contribution in [3.63, 3.8) is 0 Å². The second-order valence-electron chi connectivity index (χ2n) is 8.05. The van der Waals surface area contributed by atoms with Gasteiger partial charge >= 0.3 is 0 Å². The van der Waals surface area contributed by atoms with Crippen molar-refractivity contribution in [1.29, 1.82) is 0 Å². The smallest absolute Gasteiger partial charge is 0.224 e. The number of amides is 1. The molecule has 0 spiro atoms. The fraction of sp³-hybridized carbons (Fsp3) is 0.720. The highest BCUT2D eigenvalue weighted by Gasteiger charge is 2.14. The zero-order valence-electron chi connectivity index (χ0n) is 20.2. The van der Waals surface area contributed by atoms with E-state index in [1.165, 1.54) is 70.6 Å². The van der Waals surface area contributed by atoms with Crippen LogP contribution in [0.2, 0.25) is 0 Å². The van der Waals surface area contributed by atoms with Crippen molar-refractivity contribution in [2.45, 2.75) is 114 Å². The van der Waals surface area contributed by atoms with Crippen LogP contribution in [0.4, 0.5) is 5.69 Å². The Hall–Kier alpha value is -1.01. The highest BCUT2D eigenvalue weighted by molar-refractivity contribution is 7.99. The first-order valence-corrected chi connectivity index (χ1v) is 14.5. The molecule has 31 heavy (non-hydrogen) atoms. The van der Waals surface area contributed by atoms with Crippen LogP contribution in [0.3, 0.4) is 0 Å². The van der Waals surface area contributed by atoms with Crippen molar-refractivity contribution in [3.8, 4) is 0 Å². The number of nitrogens with zero attached hydrogens (tertiary/aromatic N) is 2. The number of hydrogen-bond donors (Lipinski definition) is 1. The van der Waals surface area contributed by atoms with Gasteiger partial charge in [-0.05, 0) is 51.5 Å². The van der Waals surface area contributed by atoms with Gasteiger partial charge in [0.2, 0.25) is 5.91 Å². The minimum atomic E-state index is 0.0654. The zero-order chi connectivity index (χ0) is 22.7. The van der Waals surface area contributed by atoms with Crippen LogP contribution in [0.1, 0.15) is 103 Å². The summed E-state index contributed by atoms with van der Waals surface area (Å²) in [6.07, 6.45) is 25.7. The molecular weight excluding hydrogens is 422 g/mol. The molecule has 4 nitrogen and oxygen atoms in total. The number of unbranched alkanes of at least 4 members (excludes halogenated alkanes) is 11. The highest BCUT2D eigenvalue weighted by atomic mass is 32.2. The number of nitrogens with one attached hydrogen (secondary N) is 1. The monoisotopic (exact) mass is 465 g/mol. The van der Waals surface area contributed by atoms with E-state index in [1.807, 2.05) is 19.4 Å². The highest BCUT2D eigenvalue weighted by Crippen LogP contribution is 2.31. The number of allylic oxidation sites excluding steroid dienone is 2. The molecule has 0 atom stereocenters. The van der Waals surface area contributed by atoms with Gasteiger partial charge in [0.25, 0.3) is 0 Å². The topological polar surface area (TPSA) is 54.9 Å². The van der Waals surface area contributed by atoms with Crippen LogP contribution in [0.15, 0.2) is 22.2 Å². The number of hydrogen-bond acceptors (Lipinski definition) is 5. The number of rotatable bonds is 18. The Morgan fingerprint density at radius 2 is 1.29 bits per heavy atom. The molecule has 1 rings (SSSR count). The van der Waals surface area contributed by atoms with E-state index in [0.29, 0.717) is 6.42 Å². The van der Waals surface area contributed by atoms with Crippen LogP contribution >= 0.6 is 23.5 Å². The fourth-order valence-corrected chi connectivity index (χ4v) is 4.70. The SMILES string of the molecule is CCCCCCCC/C=C\CCCCCCCC(=O)Nc1c(SC)nc(C)nc1SC. The molecule has 1 heterocycles. The molecule has 0 bridgehead atoms. The van der Waals surface area contributed by atoms with Crippen molar-refractivity contribution in [2.24, 2.45) is 0 Å². The van der Waals surface area contributed by atoms with Crippen LogP contribution in [-0.2, 0) is 4.79 Å². The normalized spacial score (nSPS) is 11.4. The molecule has 0 saturated carbocycles. The summed E-state index contributed by atoms with van der Waals surface area (Å²) in [6, 6.07) is 0. The van der Waals surface area contributed by atoms with E-state index in [0.717, 1.165) is 34.4 Å². The number of carbonyl (C=O) groups excluding carboxylic acids is 1. The summed E-state index contributed by atoms with van der Waals surface area (Å²) >= 11 is 3.09. The maximum absolute atomic E-state index is 12.4. The number of thioether (sulfide) groups is 2. The third-order valence-electron chi connectivity index (χ3n) is 5.27. The Morgan fingerprint density at radius 3 is 1.81 bits per heavy atom. The van der Waals surface area contributed by atoms with Gasteiger partial charge in [-0.25, -0.2) is 9.97 Å². The zero-order valence-corrected chi connectivity index (χ0v) is 21.8. The van der Waals surface area contributed by atoms with Crippen molar-refractivity contribution in [3.05, 3.63) is 18.0 Å². The average Bonchev–Trinajstić information content (AvgIpc) is 2.77. The maximum atomic E-state index is 12.4. The van der Waals surface area contributed by atoms with Gasteiger partial charge in [-0.3, -0.25) is 4.79 Å². The lowest BCUT2D eigenvalue weighted by Crippen LogP contribution is -2.14. The number of carbonyl (C=O) groups is 1. The molecule has 0 fully saturated rings. The first kappa shape index (κ1) is 28.0. The van der Waals surface area contributed by atoms with Gasteiger partial charge in [-0.2, -0.15) is 0 Å². The Labute approximate surface area is 199 Å². The van der Waals surface area contributed by atoms with Crippen LogP contribution in [0.25, 0.3) is 0 Å². The number of aryl methyl sites for hydroxylation is 1. The maximum Gasteiger partial charge on any atom is 0.224 e. The Balaban J connectivity index is 2.08. The summed E-state index contributed by atoms with van der Waals surface area (Å²) in [7, 11) is 0. The first-order chi connectivity index (χ1) is 15.1. The van der Waals surface area contributed by atoms with E-state index in [9.17, 15) is 4.79 Å². The average molecular weight is 466 g/mol. The standard InChI is InChI=1S/C25H43N3OS2/c1-5-6-7-8-9-10-11-12-13-14-15-16-17-18-19-20-22(29)28-23-24(30-3)26-21(2)27-25(23)31-4/h12-13H,5-11,14-20H2,1-4H3,(H,28,29)/b13-12-. The Bertz CT molecular complexity index is 625. The van der Waals surface area contributed by atoms with Gasteiger partial charge < -0.3 is 5.32 Å². The lowest BCUT2D eigenvalue weighted by atomic mass is 10.1. The molecule has 0 unspecified atom stereocenters. The quantitative estimate of drug-likeness (QED) is 0.102. The minimum absolute atomic E-state index is 0.0654. The molecule has 0 radical (unpaired) electrons. The minimum Gasteiger partial charge on any atom is -0.322 e.